The highest BCUT2D eigenvalue weighted by atomic mass is 16.7. The Hall–Kier alpha value is -2.95. The lowest BCUT2D eigenvalue weighted by molar-refractivity contribution is -0.339. The molecule has 10 unspecified atom stereocenters. The van der Waals surface area contributed by atoms with Crippen LogP contribution in [0.15, 0.2) is 10.6 Å². The minimum absolute atomic E-state index is 0.139. The summed E-state index contributed by atoms with van der Waals surface area (Å²) in [6, 6.07) is -1.30. The van der Waals surface area contributed by atoms with Gasteiger partial charge < -0.3 is 92.6 Å². The molecule has 0 spiro atoms. The fourth-order valence-electron chi connectivity index (χ4n) is 5.96. The van der Waals surface area contributed by atoms with Crippen LogP contribution in [0.3, 0.4) is 0 Å². The number of carbonyl (C=O) groups is 1. The van der Waals surface area contributed by atoms with Gasteiger partial charge in [0, 0.05) is 35.9 Å². The van der Waals surface area contributed by atoms with Crippen molar-refractivity contribution in [3.05, 3.63) is 20.9 Å². The number of aliphatic hydroxyl groups excluding tert-OH is 5. The number of aliphatic hydroxyl groups is 5. The minimum Gasteiger partial charge on any atom is -0.431 e. The van der Waals surface area contributed by atoms with Crippen molar-refractivity contribution in [3.63, 3.8) is 0 Å². The molecule has 60 heavy (non-hydrogen) atoms. The lowest BCUT2D eigenvalue weighted by Gasteiger charge is -2.47. The molecule has 10 atom stereocenters. The van der Waals surface area contributed by atoms with Gasteiger partial charge in [-0.05, 0) is 30.3 Å². The highest BCUT2D eigenvalue weighted by Crippen LogP contribution is 2.34. The fraction of sp³-hybridized carbons (Fsp3) is 0.971. The molecule has 1 amide bonds. The van der Waals surface area contributed by atoms with E-state index in [9.17, 15) is 30.3 Å². The SMILES string of the molecule is CC(=O)NC1C(O)OC(CO)C(OC2OC(CCCOCCOCCOCCOCCON=[N+]=[N-])C(O)C(CCOCCOCCOCCOCCON=[N+]=[N-])C2O)C1O. The van der Waals surface area contributed by atoms with E-state index in [-0.39, 0.29) is 52.7 Å². The molecule has 2 aliphatic heterocycles. The molecule has 6 N–H and O–H groups in total. The van der Waals surface area contributed by atoms with Crippen LogP contribution in [0.5, 0.6) is 0 Å². The van der Waals surface area contributed by atoms with E-state index < -0.39 is 73.7 Å². The molecule has 0 aliphatic carbocycles. The smallest absolute Gasteiger partial charge is 0.217 e. The molecular formula is C34H63N7O19. The van der Waals surface area contributed by atoms with Crippen LogP contribution in [0, 0.1) is 5.92 Å². The molecule has 0 radical (unpaired) electrons. The summed E-state index contributed by atoms with van der Waals surface area (Å²) >= 11 is 0. The first-order valence-corrected chi connectivity index (χ1v) is 19.8. The summed E-state index contributed by atoms with van der Waals surface area (Å²) in [4.78, 5) is 25.8. The highest BCUT2D eigenvalue weighted by molar-refractivity contribution is 5.73. The van der Waals surface area contributed by atoms with Gasteiger partial charge in [-0.1, -0.05) is 0 Å². The first-order valence-electron chi connectivity index (χ1n) is 19.8. The fourth-order valence-corrected chi connectivity index (χ4v) is 5.96. The summed E-state index contributed by atoms with van der Waals surface area (Å²) in [7, 11) is 0. The maximum atomic E-state index is 11.8. The van der Waals surface area contributed by atoms with Gasteiger partial charge in [0.05, 0.1) is 111 Å². The second-order valence-electron chi connectivity index (χ2n) is 13.1. The van der Waals surface area contributed by atoms with Gasteiger partial charge in [0.2, 0.25) is 5.91 Å². The average Bonchev–Trinajstić information content (AvgIpc) is 3.23. The summed E-state index contributed by atoms with van der Waals surface area (Å²) < 4.78 is 61.2. The van der Waals surface area contributed by atoms with Gasteiger partial charge in [-0.25, -0.2) is 0 Å². The molecule has 348 valence electrons. The van der Waals surface area contributed by atoms with Gasteiger partial charge in [-0.3, -0.25) is 4.79 Å². The molecule has 26 nitrogen and oxygen atoms in total. The Labute approximate surface area is 347 Å². The molecule has 0 bridgehead atoms. The monoisotopic (exact) mass is 873 g/mol. The Kier molecular flexibility index (Phi) is 30.7. The Morgan fingerprint density at radius 2 is 1.05 bits per heavy atom. The first-order chi connectivity index (χ1) is 29.2. The Morgan fingerprint density at radius 1 is 0.600 bits per heavy atom. The molecular weight excluding hydrogens is 810 g/mol. The average molecular weight is 874 g/mol. The molecule has 2 saturated heterocycles. The van der Waals surface area contributed by atoms with Crippen LogP contribution in [-0.2, 0) is 66.6 Å². The first kappa shape index (κ1) is 53.2. The number of nitrogens with zero attached hydrogens (tertiary/aromatic N) is 6. The largest absolute Gasteiger partial charge is 0.431 e. The predicted molar refractivity (Wildman–Crippen MR) is 201 cm³/mol. The van der Waals surface area contributed by atoms with Crippen LogP contribution in [0.25, 0.3) is 20.9 Å². The zero-order valence-electron chi connectivity index (χ0n) is 34.0. The minimum atomic E-state index is -1.65. The number of amides is 1. The third-order valence-electron chi connectivity index (χ3n) is 8.81. The molecule has 26 heteroatoms. The van der Waals surface area contributed by atoms with Crippen LogP contribution in [0.2, 0.25) is 0 Å². The van der Waals surface area contributed by atoms with Crippen molar-refractivity contribution in [2.24, 2.45) is 16.5 Å². The van der Waals surface area contributed by atoms with Crippen LogP contribution in [0.4, 0.5) is 0 Å². The third kappa shape index (κ3) is 22.8. The maximum Gasteiger partial charge on any atom is 0.217 e. The second kappa shape index (κ2) is 34.6. The van der Waals surface area contributed by atoms with Crippen molar-refractivity contribution in [1.29, 1.82) is 0 Å². The lowest BCUT2D eigenvalue weighted by atomic mass is 9.85. The normalized spacial score (nSPS) is 26.5. The van der Waals surface area contributed by atoms with E-state index in [2.05, 4.69) is 35.4 Å². The van der Waals surface area contributed by atoms with Gasteiger partial charge in [0.1, 0.15) is 54.2 Å². The standard InChI is InChI=1S/C34H63N7O19/c1-24(43)37-28-31(46)32(27(23-42)58-33(28)47)60-34-30(45)25(4-6-49-8-10-51-12-14-53-16-18-55-20-22-57-41-39-36)29(44)26(59-34)3-2-5-48-7-9-50-11-13-52-15-17-54-19-21-56-40-38-35/h25-34,42,44-47H,2-23H2,1H3,(H,37,43). The molecule has 0 aromatic heterocycles. The molecule has 2 heterocycles. The summed E-state index contributed by atoms with van der Waals surface area (Å²) in [5.74, 6) is -1.36. The molecule has 2 rings (SSSR count). The summed E-state index contributed by atoms with van der Waals surface area (Å²) in [6.07, 6.45) is -9.65. The van der Waals surface area contributed by atoms with Gasteiger partial charge >= 0.3 is 0 Å². The number of hydrogen-bond donors (Lipinski definition) is 6. The van der Waals surface area contributed by atoms with Crippen molar-refractivity contribution in [1.82, 2.24) is 5.32 Å². The van der Waals surface area contributed by atoms with Gasteiger partial charge in [0.15, 0.2) is 12.6 Å². The van der Waals surface area contributed by atoms with Crippen LogP contribution < -0.4 is 5.32 Å². The molecule has 2 fully saturated rings. The van der Waals surface area contributed by atoms with Crippen LogP contribution >= 0.6 is 0 Å². The Balaban J connectivity index is 1.79. The van der Waals surface area contributed by atoms with Crippen molar-refractivity contribution < 1.29 is 92.1 Å². The van der Waals surface area contributed by atoms with E-state index in [0.29, 0.717) is 85.5 Å². The quantitative estimate of drug-likeness (QED) is 0.0140. The molecule has 2 aliphatic rings. The molecule has 0 aromatic rings. The van der Waals surface area contributed by atoms with E-state index >= 15 is 0 Å². The Bertz CT molecular complexity index is 1190. The van der Waals surface area contributed by atoms with Crippen LogP contribution in [0.1, 0.15) is 26.2 Å². The van der Waals surface area contributed by atoms with E-state index in [4.69, 9.17) is 63.2 Å². The zero-order chi connectivity index (χ0) is 43.6. The van der Waals surface area contributed by atoms with Gasteiger partial charge in [-0.15, -0.1) is 0 Å². The number of carbonyl (C=O) groups excluding carboxylic acids is 1. The Morgan fingerprint density at radius 3 is 1.50 bits per heavy atom. The second-order valence-corrected chi connectivity index (χ2v) is 13.1. The van der Waals surface area contributed by atoms with Crippen molar-refractivity contribution in [2.75, 3.05) is 126 Å². The topological polar surface area (TPSA) is 348 Å². The van der Waals surface area contributed by atoms with Crippen molar-refractivity contribution in [3.8, 4) is 0 Å². The number of rotatable bonds is 37. The van der Waals surface area contributed by atoms with E-state index in [1.807, 2.05) is 0 Å². The lowest BCUT2D eigenvalue weighted by Crippen LogP contribution is -2.66. The van der Waals surface area contributed by atoms with E-state index in [0.717, 1.165) is 0 Å². The zero-order valence-corrected chi connectivity index (χ0v) is 34.0. The number of ether oxygens (including phenoxy) is 11. The van der Waals surface area contributed by atoms with Gasteiger partial charge in [0.25, 0.3) is 0 Å². The molecule has 0 aromatic carbocycles. The van der Waals surface area contributed by atoms with Crippen LogP contribution in [-0.4, -0.2) is 212 Å². The van der Waals surface area contributed by atoms with Crippen molar-refractivity contribution >= 4 is 5.91 Å². The van der Waals surface area contributed by atoms with Crippen molar-refractivity contribution in [2.45, 2.75) is 81.4 Å². The summed E-state index contributed by atoms with van der Waals surface area (Å²) in [5, 5.41) is 62.4. The summed E-state index contributed by atoms with van der Waals surface area (Å²) in [6.45, 7) is 5.64. The number of nitrogens with one attached hydrogen (secondary N) is 1. The molecule has 0 saturated carbocycles. The maximum absolute atomic E-state index is 11.8. The number of hydrogen-bond acceptors (Lipinski definition) is 21. The van der Waals surface area contributed by atoms with Gasteiger partial charge in [-0.2, -0.15) is 0 Å². The van der Waals surface area contributed by atoms with E-state index in [1.54, 1.807) is 0 Å². The number of azide groups is 2. The summed E-state index contributed by atoms with van der Waals surface area (Å²) in [5.41, 5.74) is 16.2. The predicted octanol–water partition coefficient (Wildman–Crippen LogP) is -1.20. The van der Waals surface area contributed by atoms with E-state index in [1.165, 1.54) is 6.92 Å². The highest BCUT2D eigenvalue weighted by Gasteiger charge is 2.50. The third-order valence-corrected chi connectivity index (χ3v) is 8.81.